The molecule has 1 N–H and O–H groups in total. The number of ether oxygens (including phenoxy) is 1. The van der Waals surface area contributed by atoms with Gasteiger partial charge in [0.1, 0.15) is 12.4 Å². The van der Waals surface area contributed by atoms with Crippen molar-refractivity contribution in [2.75, 3.05) is 26.2 Å². The van der Waals surface area contributed by atoms with Gasteiger partial charge in [0.2, 0.25) is 11.8 Å². The molecule has 1 aliphatic rings. The zero-order chi connectivity index (χ0) is 18.8. The summed E-state index contributed by atoms with van der Waals surface area (Å²) >= 11 is 0. The second-order valence-electron chi connectivity index (χ2n) is 6.24. The fourth-order valence-electron chi connectivity index (χ4n) is 2.93. The van der Waals surface area contributed by atoms with E-state index < -0.39 is 0 Å². The molecule has 0 unspecified atom stereocenters. The third-order valence-electron chi connectivity index (χ3n) is 4.42. The molecule has 1 aliphatic heterocycles. The van der Waals surface area contributed by atoms with Gasteiger partial charge in [0.15, 0.2) is 0 Å². The summed E-state index contributed by atoms with van der Waals surface area (Å²) in [6.07, 6.45) is 4.01. The van der Waals surface area contributed by atoms with Crippen molar-refractivity contribution in [3.05, 3.63) is 42.5 Å². The molecular weight excluding hydrogens is 328 g/mol. The Hall–Kier alpha value is -2.74. The predicted octanol–water partition coefficient (Wildman–Crippen LogP) is 2.17. The number of nitrogens with zero attached hydrogens (tertiary/aromatic N) is 1. The second kappa shape index (κ2) is 10.3. The van der Waals surface area contributed by atoms with Crippen LogP contribution in [0.2, 0.25) is 0 Å². The molecule has 5 heteroatoms. The van der Waals surface area contributed by atoms with Crippen molar-refractivity contribution in [2.24, 2.45) is 5.92 Å². The number of benzene rings is 1. The van der Waals surface area contributed by atoms with Gasteiger partial charge in [-0.2, -0.15) is 0 Å². The smallest absolute Gasteiger partial charge is 0.223 e. The van der Waals surface area contributed by atoms with Gasteiger partial charge in [-0.3, -0.25) is 9.59 Å². The lowest BCUT2D eigenvalue weighted by molar-refractivity contribution is -0.133. The third-order valence-corrected chi connectivity index (χ3v) is 4.42. The van der Waals surface area contributed by atoms with Crippen LogP contribution in [0.15, 0.2) is 36.9 Å². The minimum Gasteiger partial charge on any atom is -0.481 e. The average Bonchev–Trinajstić information content (AvgIpc) is 2.66. The van der Waals surface area contributed by atoms with E-state index in [2.05, 4.69) is 23.7 Å². The van der Waals surface area contributed by atoms with Crippen LogP contribution in [0.5, 0.6) is 5.75 Å². The van der Waals surface area contributed by atoms with E-state index >= 15 is 0 Å². The molecule has 0 bridgehead atoms. The van der Waals surface area contributed by atoms with Crippen molar-refractivity contribution >= 4 is 11.8 Å². The molecule has 0 aromatic heterocycles. The van der Waals surface area contributed by atoms with E-state index in [0.29, 0.717) is 32.5 Å². The maximum atomic E-state index is 12.1. The van der Waals surface area contributed by atoms with E-state index in [4.69, 9.17) is 4.74 Å². The maximum Gasteiger partial charge on any atom is 0.223 e. The van der Waals surface area contributed by atoms with Crippen LogP contribution in [0.3, 0.4) is 0 Å². The molecule has 138 valence electrons. The van der Waals surface area contributed by atoms with Gasteiger partial charge in [-0.25, -0.2) is 0 Å². The number of hydrogen-bond acceptors (Lipinski definition) is 3. The van der Waals surface area contributed by atoms with Crippen LogP contribution in [0.25, 0.3) is 0 Å². The highest BCUT2D eigenvalue weighted by atomic mass is 16.5. The topological polar surface area (TPSA) is 58.6 Å². The minimum atomic E-state index is -0.0329. The highest BCUT2D eigenvalue weighted by Gasteiger charge is 2.25. The van der Waals surface area contributed by atoms with E-state index in [1.807, 2.05) is 30.3 Å². The molecule has 0 saturated carbocycles. The van der Waals surface area contributed by atoms with Crippen LogP contribution in [0, 0.1) is 17.8 Å². The predicted molar refractivity (Wildman–Crippen MR) is 102 cm³/mol. The van der Waals surface area contributed by atoms with Crippen molar-refractivity contribution in [1.29, 1.82) is 0 Å². The molecule has 0 spiro atoms. The Balaban J connectivity index is 1.68. The first-order chi connectivity index (χ1) is 12.6. The van der Waals surface area contributed by atoms with Gasteiger partial charge in [-0.05, 0) is 30.9 Å². The molecule has 1 heterocycles. The number of likely N-dealkylation sites (tertiary alicyclic amines) is 1. The lowest BCUT2D eigenvalue weighted by atomic mass is 9.96. The van der Waals surface area contributed by atoms with Gasteiger partial charge in [0, 0.05) is 25.9 Å². The van der Waals surface area contributed by atoms with Gasteiger partial charge in [0.25, 0.3) is 0 Å². The fourth-order valence-corrected chi connectivity index (χ4v) is 2.93. The molecule has 1 saturated heterocycles. The van der Waals surface area contributed by atoms with Gasteiger partial charge in [0.05, 0.1) is 6.54 Å². The number of rotatable bonds is 6. The molecule has 1 aromatic rings. The number of amides is 2. The number of piperidine rings is 1. The normalized spacial score (nSPS) is 14.1. The summed E-state index contributed by atoms with van der Waals surface area (Å²) in [7, 11) is 0. The lowest BCUT2D eigenvalue weighted by Crippen LogP contribution is -2.42. The number of para-hydroxylation sites is 1. The van der Waals surface area contributed by atoms with Crippen LogP contribution in [0.1, 0.15) is 25.3 Å². The molecule has 2 amide bonds. The van der Waals surface area contributed by atoms with Crippen LogP contribution >= 0.6 is 0 Å². The monoisotopic (exact) mass is 354 g/mol. The van der Waals surface area contributed by atoms with Gasteiger partial charge < -0.3 is 15.0 Å². The molecule has 0 aliphatic carbocycles. The zero-order valence-corrected chi connectivity index (χ0v) is 15.3. The SMILES string of the molecule is C=CCc1ccccc1OCC#CCNC(=O)C1CCN(C(C)=O)CC1. The summed E-state index contributed by atoms with van der Waals surface area (Å²) in [6, 6.07) is 7.80. The lowest BCUT2D eigenvalue weighted by Gasteiger charge is -2.30. The van der Waals surface area contributed by atoms with Crippen LogP contribution in [-0.4, -0.2) is 43.0 Å². The first kappa shape index (κ1) is 19.6. The summed E-state index contributed by atoms with van der Waals surface area (Å²) < 4.78 is 5.68. The fraction of sp³-hybridized carbons (Fsp3) is 0.429. The van der Waals surface area contributed by atoms with Gasteiger partial charge in [-0.1, -0.05) is 36.1 Å². The Bertz CT molecular complexity index is 695. The second-order valence-corrected chi connectivity index (χ2v) is 6.24. The van der Waals surface area contributed by atoms with Crippen molar-refractivity contribution in [2.45, 2.75) is 26.2 Å². The quantitative estimate of drug-likeness (QED) is 0.629. The number of nitrogens with one attached hydrogen (secondary N) is 1. The van der Waals surface area contributed by atoms with E-state index in [9.17, 15) is 9.59 Å². The number of allylic oxidation sites excluding steroid dienone is 1. The summed E-state index contributed by atoms with van der Waals surface area (Å²) in [4.78, 5) is 25.2. The highest BCUT2D eigenvalue weighted by molar-refractivity contribution is 5.79. The van der Waals surface area contributed by atoms with Crippen molar-refractivity contribution in [3.8, 4) is 17.6 Å². The van der Waals surface area contributed by atoms with E-state index in [1.165, 1.54) is 0 Å². The molecule has 1 fully saturated rings. The number of hydrogen-bond donors (Lipinski definition) is 1. The summed E-state index contributed by atoms with van der Waals surface area (Å²) in [5, 5.41) is 2.84. The molecule has 1 aromatic carbocycles. The van der Waals surface area contributed by atoms with Crippen LogP contribution in [-0.2, 0) is 16.0 Å². The number of carbonyl (C=O) groups excluding carboxylic acids is 2. The number of carbonyl (C=O) groups is 2. The Morgan fingerprint density at radius 2 is 2.04 bits per heavy atom. The first-order valence-corrected chi connectivity index (χ1v) is 8.92. The molecule has 0 atom stereocenters. The molecule has 0 radical (unpaired) electrons. The van der Waals surface area contributed by atoms with E-state index in [1.54, 1.807) is 11.8 Å². The van der Waals surface area contributed by atoms with E-state index in [-0.39, 0.29) is 24.3 Å². The molecule has 2 rings (SSSR count). The van der Waals surface area contributed by atoms with Crippen molar-refractivity contribution in [1.82, 2.24) is 10.2 Å². The third kappa shape index (κ3) is 5.96. The summed E-state index contributed by atoms with van der Waals surface area (Å²) in [6.45, 7) is 7.19. The maximum absolute atomic E-state index is 12.1. The molecular formula is C21H26N2O3. The van der Waals surface area contributed by atoms with E-state index in [0.717, 1.165) is 17.7 Å². The van der Waals surface area contributed by atoms with Crippen molar-refractivity contribution in [3.63, 3.8) is 0 Å². The van der Waals surface area contributed by atoms with Crippen LogP contribution in [0.4, 0.5) is 0 Å². The standard InChI is InChI=1S/C21H26N2O3/c1-3-8-18-9-4-5-10-20(18)26-16-7-6-13-22-21(25)19-11-14-23(15-12-19)17(2)24/h3-5,9-10,19H,1,8,11-16H2,2H3,(H,22,25). The largest absolute Gasteiger partial charge is 0.481 e. The highest BCUT2D eigenvalue weighted by Crippen LogP contribution is 2.18. The van der Waals surface area contributed by atoms with Gasteiger partial charge in [-0.15, -0.1) is 6.58 Å². The molecule has 5 nitrogen and oxygen atoms in total. The summed E-state index contributed by atoms with van der Waals surface area (Å²) in [5.74, 6) is 6.69. The Labute approximate surface area is 155 Å². The van der Waals surface area contributed by atoms with Gasteiger partial charge >= 0.3 is 0 Å². The average molecular weight is 354 g/mol. The Morgan fingerprint density at radius 1 is 1.31 bits per heavy atom. The Morgan fingerprint density at radius 3 is 2.73 bits per heavy atom. The Kier molecular flexibility index (Phi) is 7.75. The zero-order valence-electron chi connectivity index (χ0n) is 15.3. The minimum absolute atomic E-state index is 0.0137. The first-order valence-electron chi connectivity index (χ1n) is 8.92. The molecule has 26 heavy (non-hydrogen) atoms. The van der Waals surface area contributed by atoms with Crippen molar-refractivity contribution < 1.29 is 14.3 Å². The summed E-state index contributed by atoms with van der Waals surface area (Å²) in [5.41, 5.74) is 1.08. The van der Waals surface area contributed by atoms with Crippen LogP contribution < -0.4 is 10.1 Å².